The number of hydrogen-bond donors (Lipinski definition) is 1. The van der Waals surface area contributed by atoms with E-state index in [1.165, 1.54) is 15.6 Å². The molecule has 0 amide bonds. The first kappa shape index (κ1) is 21.1. The predicted molar refractivity (Wildman–Crippen MR) is 120 cm³/mol. The maximum Gasteiger partial charge on any atom is 0.486 e. The second-order valence-electron chi connectivity index (χ2n) is 8.65. The Balaban J connectivity index is 2.11. The molecule has 1 saturated heterocycles. The molecule has 1 aliphatic rings. The van der Waals surface area contributed by atoms with Crippen LogP contribution in [0.2, 0.25) is 6.55 Å². The monoisotopic (exact) mass is 394 g/mol. The molecule has 2 aromatic rings. The molecule has 0 saturated carbocycles. The molecule has 0 aromatic heterocycles. The van der Waals surface area contributed by atoms with Gasteiger partial charge < -0.3 is 14.4 Å². The topological polar surface area (TPSA) is 38.7 Å². The van der Waals surface area contributed by atoms with Gasteiger partial charge in [-0.25, -0.2) is 0 Å². The van der Waals surface area contributed by atoms with E-state index < -0.39 is 15.2 Å². The average molecular weight is 394 g/mol. The third kappa shape index (κ3) is 3.90. The first-order valence-electron chi connectivity index (χ1n) is 9.99. The van der Waals surface area contributed by atoms with Crippen LogP contribution in [-0.2, 0) is 9.31 Å². The summed E-state index contributed by atoms with van der Waals surface area (Å²) in [4.78, 5) is 0. The number of aliphatic hydroxyl groups is 1. The molecule has 1 aliphatic heterocycles. The van der Waals surface area contributed by atoms with Gasteiger partial charge in [0.2, 0.25) is 0 Å². The minimum Gasteiger partial charge on any atom is -0.400 e. The second kappa shape index (κ2) is 7.99. The Morgan fingerprint density at radius 2 is 1.32 bits per heavy atom. The molecule has 5 heteroatoms. The van der Waals surface area contributed by atoms with Gasteiger partial charge in [-0.05, 0) is 44.5 Å². The summed E-state index contributed by atoms with van der Waals surface area (Å²) in [5.41, 5.74) is -0.758. The van der Waals surface area contributed by atoms with E-state index in [1.54, 1.807) is 0 Å². The predicted octanol–water partition coefficient (Wildman–Crippen LogP) is 3.36. The van der Waals surface area contributed by atoms with Crippen molar-refractivity contribution in [3.8, 4) is 0 Å². The molecule has 1 N–H and O–H groups in total. The summed E-state index contributed by atoms with van der Waals surface area (Å²) in [6.07, 6.45) is 0.608. The van der Waals surface area contributed by atoms with E-state index in [4.69, 9.17) is 9.31 Å². The molecule has 1 heterocycles. The van der Waals surface area contributed by atoms with Gasteiger partial charge in [-0.1, -0.05) is 78.4 Å². The molecule has 0 aliphatic carbocycles. The molecule has 0 radical (unpaired) electrons. The highest BCUT2D eigenvalue weighted by atomic mass is 28.3. The smallest absolute Gasteiger partial charge is 0.400 e. The van der Waals surface area contributed by atoms with Crippen LogP contribution in [0.3, 0.4) is 0 Å². The molecule has 0 unspecified atom stereocenters. The summed E-state index contributed by atoms with van der Waals surface area (Å²) >= 11 is 0. The van der Waals surface area contributed by atoms with Crippen molar-refractivity contribution in [1.82, 2.24) is 0 Å². The quantitative estimate of drug-likeness (QED) is 0.764. The molecule has 148 valence electrons. The first-order chi connectivity index (χ1) is 13.2. The molecule has 28 heavy (non-hydrogen) atoms. The van der Waals surface area contributed by atoms with Crippen molar-refractivity contribution in [1.29, 1.82) is 0 Å². The standard InChI is InChI=1S/C23H31BO3Si/c1-22(2)23(3,4)27-24(26-22)18-21(16-17-25)28(5,19-12-8-6-9-13-19)20-14-10-7-11-15-20/h6-15,18,25H,16-17H2,1-5H3/b21-18-. The van der Waals surface area contributed by atoms with E-state index in [9.17, 15) is 5.11 Å². The lowest BCUT2D eigenvalue weighted by Gasteiger charge is -2.32. The Labute approximate surface area is 170 Å². The Morgan fingerprint density at radius 1 is 0.893 bits per heavy atom. The van der Waals surface area contributed by atoms with Crippen molar-refractivity contribution in [2.45, 2.75) is 51.9 Å². The minimum absolute atomic E-state index is 0.105. The van der Waals surface area contributed by atoms with Crippen LogP contribution in [0.25, 0.3) is 0 Å². The molecule has 3 nitrogen and oxygen atoms in total. The Bertz CT molecular complexity index is 763. The fourth-order valence-corrected chi connectivity index (χ4v) is 7.70. The molecule has 0 bridgehead atoms. The van der Waals surface area contributed by atoms with Crippen molar-refractivity contribution in [2.75, 3.05) is 6.61 Å². The lowest BCUT2D eigenvalue weighted by molar-refractivity contribution is 0.00578. The summed E-state index contributed by atoms with van der Waals surface area (Å²) in [7, 11) is -2.68. The van der Waals surface area contributed by atoms with Gasteiger partial charge in [0.05, 0.1) is 11.2 Å². The van der Waals surface area contributed by atoms with E-state index >= 15 is 0 Å². The zero-order valence-electron chi connectivity index (χ0n) is 17.6. The maximum absolute atomic E-state index is 9.87. The Morgan fingerprint density at radius 3 is 1.71 bits per heavy atom. The van der Waals surface area contributed by atoms with Crippen molar-refractivity contribution in [3.05, 3.63) is 71.8 Å². The fraction of sp³-hybridized carbons (Fsp3) is 0.391. The highest BCUT2D eigenvalue weighted by Crippen LogP contribution is 2.37. The zero-order valence-corrected chi connectivity index (χ0v) is 18.6. The Kier molecular flexibility index (Phi) is 6.01. The molecular weight excluding hydrogens is 363 g/mol. The van der Waals surface area contributed by atoms with Crippen molar-refractivity contribution in [3.63, 3.8) is 0 Å². The number of benzene rings is 2. The van der Waals surface area contributed by atoms with Crippen molar-refractivity contribution in [2.24, 2.45) is 0 Å². The molecule has 0 spiro atoms. The van der Waals surface area contributed by atoms with Crippen LogP contribution in [0.4, 0.5) is 0 Å². The number of rotatable bonds is 6. The van der Waals surface area contributed by atoms with Gasteiger partial charge in [-0.3, -0.25) is 0 Å². The van der Waals surface area contributed by atoms with Gasteiger partial charge in [0, 0.05) is 6.61 Å². The molecule has 3 rings (SSSR count). The summed E-state index contributed by atoms with van der Waals surface area (Å²) in [6, 6.07) is 21.3. The van der Waals surface area contributed by atoms with Crippen LogP contribution in [0, 0.1) is 0 Å². The largest absolute Gasteiger partial charge is 0.486 e. The van der Waals surface area contributed by atoms with Gasteiger partial charge in [-0.15, -0.1) is 0 Å². The van der Waals surface area contributed by atoms with Gasteiger partial charge in [0.15, 0.2) is 0 Å². The van der Waals surface area contributed by atoms with Crippen molar-refractivity contribution < 1.29 is 14.4 Å². The first-order valence-corrected chi connectivity index (χ1v) is 12.5. The van der Waals surface area contributed by atoms with E-state index in [2.05, 4.69) is 88.7 Å². The van der Waals surface area contributed by atoms with Gasteiger partial charge in [-0.2, -0.15) is 0 Å². The summed E-state index contributed by atoms with van der Waals surface area (Å²) in [6.45, 7) is 10.7. The van der Waals surface area contributed by atoms with E-state index in [-0.39, 0.29) is 17.8 Å². The van der Waals surface area contributed by atoms with Crippen molar-refractivity contribution >= 4 is 25.6 Å². The third-order valence-corrected chi connectivity index (χ3v) is 11.0. The zero-order chi connectivity index (χ0) is 20.4. The molecule has 2 aromatic carbocycles. The molecule has 1 fully saturated rings. The summed E-state index contributed by atoms with van der Waals surface area (Å²) in [5.74, 6) is 2.12. The molecular formula is C23H31BO3Si. The third-order valence-electron chi connectivity index (χ3n) is 6.33. The van der Waals surface area contributed by atoms with Crippen LogP contribution in [0.5, 0.6) is 0 Å². The van der Waals surface area contributed by atoms with Crippen LogP contribution in [0.15, 0.2) is 71.8 Å². The van der Waals surface area contributed by atoms with Gasteiger partial charge in [0.25, 0.3) is 0 Å². The van der Waals surface area contributed by atoms with Crippen LogP contribution in [0.1, 0.15) is 34.1 Å². The normalized spacial score (nSPS) is 19.1. The minimum atomic E-state index is -2.27. The highest BCUT2D eigenvalue weighted by Gasteiger charge is 2.51. The maximum atomic E-state index is 9.87. The lowest BCUT2D eigenvalue weighted by Crippen LogP contribution is -2.58. The fourth-order valence-electron chi connectivity index (χ4n) is 3.82. The SMILES string of the molecule is CC1(C)OB(/C=C(/CCO)[Si](C)(c2ccccc2)c2ccccc2)OC1(C)C. The summed E-state index contributed by atoms with van der Waals surface area (Å²) in [5, 5.41) is 13.7. The number of aliphatic hydroxyl groups excluding tert-OH is 1. The lowest BCUT2D eigenvalue weighted by atomic mass is 9.89. The Hall–Kier alpha value is -1.66. The van der Waals surface area contributed by atoms with E-state index in [0.717, 1.165) is 0 Å². The van der Waals surface area contributed by atoms with E-state index in [1.807, 2.05) is 12.1 Å². The van der Waals surface area contributed by atoms with E-state index in [0.29, 0.717) is 6.42 Å². The summed E-state index contributed by atoms with van der Waals surface area (Å²) < 4.78 is 12.5. The number of hydrogen-bond acceptors (Lipinski definition) is 3. The van der Waals surface area contributed by atoms with Crippen LogP contribution >= 0.6 is 0 Å². The van der Waals surface area contributed by atoms with Gasteiger partial charge >= 0.3 is 7.12 Å². The second-order valence-corrected chi connectivity index (χ2v) is 12.7. The highest BCUT2D eigenvalue weighted by molar-refractivity contribution is 7.06. The van der Waals surface area contributed by atoms with Gasteiger partial charge in [0.1, 0.15) is 8.07 Å². The van der Waals surface area contributed by atoms with Crippen LogP contribution < -0.4 is 10.4 Å². The van der Waals surface area contributed by atoms with Crippen LogP contribution in [-0.4, -0.2) is 38.1 Å². The average Bonchev–Trinajstić information content (AvgIpc) is 2.88. The molecule has 0 atom stereocenters.